The minimum Gasteiger partial charge on any atom is -0.496 e. The van der Waals surface area contributed by atoms with E-state index in [1.54, 1.807) is 14.0 Å². The van der Waals surface area contributed by atoms with E-state index in [9.17, 15) is 23.9 Å². The Hall–Kier alpha value is -2.88. The van der Waals surface area contributed by atoms with Gasteiger partial charge in [-0.1, -0.05) is 0 Å². The number of rotatable bonds is 10. The Morgan fingerprint density at radius 1 is 1.02 bits per heavy atom. The van der Waals surface area contributed by atoms with E-state index in [0.717, 1.165) is 44.6 Å². The summed E-state index contributed by atoms with van der Waals surface area (Å²) in [7, 11) is 3.06. The monoisotopic (exact) mass is 560 g/mol. The van der Waals surface area contributed by atoms with Crippen LogP contribution < -0.4 is 20.1 Å². The summed E-state index contributed by atoms with van der Waals surface area (Å²) in [6, 6.07) is 2.18. The van der Waals surface area contributed by atoms with Gasteiger partial charge in [0.05, 0.1) is 35.7 Å². The summed E-state index contributed by atoms with van der Waals surface area (Å²) >= 11 is 0. The van der Waals surface area contributed by atoms with E-state index in [-0.39, 0.29) is 58.5 Å². The highest BCUT2D eigenvalue weighted by Gasteiger charge is 2.52. The normalized spacial score (nSPS) is 32.1. The number of hydrogen-bond acceptors (Lipinski definition) is 6. The Bertz CT molecular complexity index is 1140. The predicted octanol–water partition coefficient (Wildman–Crippen LogP) is 4.08. The zero-order chi connectivity index (χ0) is 28.7. The number of aliphatic carboxylic acids is 1. The fraction of sp³-hybridized carbons (Fsp3) is 0.700. The predicted molar refractivity (Wildman–Crippen MR) is 144 cm³/mol. The summed E-state index contributed by atoms with van der Waals surface area (Å²) in [5.41, 5.74) is -0.955. The van der Waals surface area contributed by atoms with Gasteiger partial charge in [0.1, 0.15) is 5.75 Å². The highest BCUT2D eigenvalue weighted by Crippen LogP contribution is 2.49. The molecule has 4 saturated carbocycles. The van der Waals surface area contributed by atoms with Gasteiger partial charge in [-0.15, -0.1) is 0 Å². The van der Waals surface area contributed by atoms with Crippen molar-refractivity contribution in [3.05, 3.63) is 23.5 Å². The zero-order valence-corrected chi connectivity index (χ0v) is 23.6. The molecule has 4 fully saturated rings. The molecular formula is C30H41FN2O7. The number of fused-ring (bicyclic) bond motifs is 2. The lowest BCUT2D eigenvalue weighted by molar-refractivity contribution is -0.150. The van der Waals surface area contributed by atoms with Gasteiger partial charge in [0.25, 0.3) is 5.91 Å². The number of nitrogens with one attached hydrogen (secondary N) is 2. The number of benzene rings is 1. The Kier molecular flexibility index (Phi) is 8.01. The van der Waals surface area contributed by atoms with E-state index in [2.05, 4.69) is 10.6 Å². The Morgan fingerprint density at radius 3 is 2.33 bits per heavy atom. The van der Waals surface area contributed by atoms with Crippen molar-refractivity contribution < 1.29 is 38.1 Å². The number of carbonyl (C=O) groups is 3. The van der Waals surface area contributed by atoms with Crippen LogP contribution in [-0.2, 0) is 14.3 Å². The first-order valence-corrected chi connectivity index (χ1v) is 14.5. The third-order valence-corrected chi connectivity index (χ3v) is 10.1. The van der Waals surface area contributed by atoms with E-state index in [1.165, 1.54) is 13.2 Å². The van der Waals surface area contributed by atoms with Crippen LogP contribution in [0.2, 0.25) is 0 Å². The molecule has 1 aromatic carbocycles. The van der Waals surface area contributed by atoms with Gasteiger partial charge in [-0.3, -0.25) is 14.4 Å². The highest BCUT2D eigenvalue weighted by molar-refractivity contribution is 5.98. The lowest BCUT2D eigenvalue weighted by Crippen LogP contribution is -2.54. The SMILES string of the molecule is COc1cc(F)c(OC2CCC(C)(C(=O)O)CC2)cc1C(=O)N[C@@H]1[C@H]2CC[C@H](C2)[C@@H]1C(=O)NCC1(OC)CCC1. The number of methoxy groups -OCH3 is 2. The zero-order valence-electron chi connectivity index (χ0n) is 23.6. The Labute approximate surface area is 234 Å². The first-order chi connectivity index (χ1) is 19.1. The Morgan fingerprint density at radius 2 is 1.73 bits per heavy atom. The van der Waals surface area contributed by atoms with Gasteiger partial charge in [-0.05, 0) is 89.0 Å². The lowest BCUT2D eigenvalue weighted by atomic mass is 9.75. The second kappa shape index (κ2) is 11.2. The van der Waals surface area contributed by atoms with Gasteiger partial charge < -0.3 is 30.0 Å². The van der Waals surface area contributed by atoms with E-state index >= 15 is 0 Å². The third-order valence-electron chi connectivity index (χ3n) is 10.1. The minimum atomic E-state index is -0.839. The van der Waals surface area contributed by atoms with Crippen LogP contribution in [0, 0.1) is 29.0 Å². The molecule has 4 atom stereocenters. The third kappa shape index (κ3) is 5.39. The van der Waals surface area contributed by atoms with Crippen molar-refractivity contribution in [3.8, 4) is 11.5 Å². The molecule has 1 aromatic rings. The van der Waals surface area contributed by atoms with Gasteiger partial charge >= 0.3 is 5.97 Å². The minimum absolute atomic E-state index is 0.0541. The molecule has 10 heteroatoms. The number of hydrogen-bond donors (Lipinski definition) is 3. The van der Waals surface area contributed by atoms with Crippen molar-refractivity contribution in [2.24, 2.45) is 23.2 Å². The molecule has 40 heavy (non-hydrogen) atoms. The fourth-order valence-corrected chi connectivity index (χ4v) is 7.21. The van der Waals surface area contributed by atoms with Crippen LogP contribution in [0.5, 0.6) is 11.5 Å². The maximum absolute atomic E-state index is 15.0. The van der Waals surface area contributed by atoms with Crippen molar-refractivity contribution in [2.45, 2.75) is 88.9 Å². The molecule has 4 aliphatic carbocycles. The van der Waals surface area contributed by atoms with E-state index in [4.69, 9.17) is 14.2 Å². The number of halogens is 1. The van der Waals surface area contributed by atoms with Crippen molar-refractivity contribution >= 4 is 17.8 Å². The number of carboxylic acid groups (broad SMARTS) is 1. The number of carboxylic acids is 1. The van der Waals surface area contributed by atoms with E-state index in [0.29, 0.717) is 32.2 Å². The molecule has 0 aromatic heterocycles. The highest BCUT2D eigenvalue weighted by atomic mass is 19.1. The van der Waals surface area contributed by atoms with E-state index < -0.39 is 23.1 Å². The van der Waals surface area contributed by atoms with Crippen LogP contribution in [0.4, 0.5) is 4.39 Å². The molecule has 0 radical (unpaired) electrons. The van der Waals surface area contributed by atoms with E-state index in [1.807, 2.05) is 0 Å². The number of carbonyl (C=O) groups excluding carboxylic acids is 2. The largest absolute Gasteiger partial charge is 0.496 e. The topological polar surface area (TPSA) is 123 Å². The maximum Gasteiger partial charge on any atom is 0.309 e. The summed E-state index contributed by atoms with van der Waals surface area (Å²) in [6.45, 7) is 2.18. The Balaban J connectivity index is 1.28. The fourth-order valence-electron chi connectivity index (χ4n) is 7.21. The summed E-state index contributed by atoms with van der Waals surface area (Å²) in [5, 5.41) is 15.7. The van der Waals surface area contributed by atoms with Gasteiger partial charge in [-0.25, -0.2) is 4.39 Å². The van der Waals surface area contributed by atoms with Crippen LogP contribution in [0.25, 0.3) is 0 Å². The molecule has 0 unspecified atom stereocenters. The molecule has 2 bridgehead atoms. The molecule has 220 valence electrons. The molecule has 3 N–H and O–H groups in total. The maximum atomic E-state index is 15.0. The lowest BCUT2D eigenvalue weighted by Gasteiger charge is -2.41. The second-order valence-corrected chi connectivity index (χ2v) is 12.5. The van der Waals surface area contributed by atoms with Crippen molar-refractivity contribution in [3.63, 3.8) is 0 Å². The number of ether oxygens (including phenoxy) is 3. The molecule has 0 saturated heterocycles. The van der Waals surface area contributed by atoms with Gasteiger partial charge in [0.2, 0.25) is 5.91 Å². The molecule has 2 amide bonds. The van der Waals surface area contributed by atoms with Gasteiger partial charge in [0, 0.05) is 25.8 Å². The van der Waals surface area contributed by atoms with Crippen molar-refractivity contribution in [2.75, 3.05) is 20.8 Å². The molecule has 4 aliphatic rings. The van der Waals surface area contributed by atoms with Crippen molar-refractivity contribution in [1.29, 1.82) is 0 Å². The van der Waals surface area contributed by atoms with Crippen LogP contribution in [0.15, 0.2) is 12.1 Å². The van der Waals surface area contributed by atoms with Crippen LogP contribution >= 0.6 is 0 Å². The number of amides is 2. The quantitative estimate of drug-likeness (QED) is 0.394. The molecule has 9 nitrogen and oxygen atoms in total. The summed E-state index contributed by atoms with van der Waals surface area (Å²) in [6.07, 6.45) is 7.20. The second-order valence-electron chi connectivity index (χ2n) is 12.5. The molecule has 0 heterocycles. The molecular weight excluding hydrogens is 519 g/mol. The first kappa shape index (κ1) is 28.6. The molecule has 0 spiro atoms. The average Bonchev–Trinajstić information content (AvgIpc) is 3.52. The van der Waals surface area contributed by atoms with Crippen molar-refractivity contribution in [1.82, 2.24) is 10.6 Å². The van der Waals surface area contributed by atoms with Gasteiger partial charge in [-0.2, -0.15) is 0 Å². The standard InChI is InChI=1S/C30H41FN2O7/c1-29(28(36)37)11-7-19(8-12-29)40-23-14-20(22(38-2)15-21(23)31)26(34)33-25-18-6-5-17(13-18)24(25)27(35)32-16-30(39-3)9-4-10-30/h14-15,17-19,24-25H,4-13,16H2,1-3H3,(H,32,35)(H,33,34)(H,36,37)/t17-,18+,19?,24+,25-,29?/m1/s1. The van der Waals surface area contributed by atoms with Crippen LogP contribution in [0.3, 0.4) is 0 Å². The molecule has 0 aliphatic heterocycles. The summed E-state index contributed by atoms with van der Waals surface area (Å²) in [4.78, 5) is 38.5. The smallest absolute Gasteiger partial charge is 0.309 e. The first-order valence-electron chi connectivity index (χ1n) is 14.5. The summed E-state index contributed by atoms with van der Waals surface area (Å²) in [5.74, 6) is -1.87. The van der Waals surface area contributed by atoms with Crippen LogP contribution in [0.1, 0.15) is 81.5 Å². The summed E-state index contributed by atoms with van der Waals surface area (Å²) < 4.78 is 31.9. The average molecular weight is 561 g/mol. The van der Waals surface area contributed by atoms with Gasteiger partial charge in [0.15, 0.2) is 11.6 Å². The molecule has 5 rings (SSSR count). The van der Waals surface area contributed by atoms with Crippen LogP contribution in [-0.4, -0.2) is 61.4 Å².